The summed E-state index contributed by atoms with van der Waals surface area (Å²) in [5.74, 6) is 0.123. The van der Waals surface area contributed by atoms with Crippen LogP contribution >= 0.6 is 0 Å². The van der Waals surface area contributed by atoms with Gasteiger partial charge in [-0.25, -0.2) is 4.68 Å². The number of benzene rings is 1. The van der Waals surface area contributed by atoms with Crippen LogP contribution in [0, 0.1) is 20.8 Å². The smallest absolute Gasteiger partial charge is 0.222 e. The van der Waals surface area contributed by atoms with Gasteiger partial charge >= 0.3 is 0 Å². The van der Waals surface area contributed by atoms with Crippen LogP contribution in [0.15, 0.2) is 24.3 Å². The Hall–Kier alpha value is -2.14. The lowest BCUT2D eigenvalue weighted by Gasteiger charge is -2.17. The molecule has 0 spiro atoms. The lowest BCUT2D eigenvalue weighted by atomic mass is 10.1. The number of aryl methyl sites for hydroxylation is 2. The molecule has 1 aromatic heterocycles. The minimum atomic E-state index is 0.123. The van der Waals surface area contributed by atoms with Gasteiger partial charge in [0.25, 0.3) is 0 Å². The molecule has 2 rings (SSSR count). The third-order valence-corrected chi connectivity index (χ3v) is 4.20. The van der Waals surface area contributed by atoms with E-state index in [0.29, 0.717) is 19.5 Å². The van der Waals surface area contributed by atoms with E-state index >= 15 is 0 Å². The maximum atomic E-state index is 12.1. The zero-order valence-electron chi connectivity index (χ0n) is 14.5. The summed E-state index contributed by atoms with van der Waals surface area (Å²) in [6, 6.07) is 8.18. The van der Waals surface area contributed by atoms with Crippen LogP contribution in [0.2, 0.25) is 0 Å². The zero-order valence-corrected chi connectivity index (χ0v) is 14.5. The third-order valence-electron chi connectivity index (χ3n) is 4.20. The van der Waals surface area contributed by atoms with Crippen LogP contribution < -0.4 is 5.73 Å². The maximum Gasteiger partial charge on any atom is 0.222 e. The summed E-state index contributed by atoms with van der Waals surface area (Å²) in [5, 5.41) is 4.67. The second-order valence-corrected chi connectivity index (χ2v) is 5.99. The van der Waals surface area contributed by atoms with Gasteiger partial charge in [0.05, 0.1) is 11.4 Å². The van der Waals surface area contributed by atoms with E-state index in [4.69, 9.17) is 5.73 Å². The minimum Gasteiger partial charge on any atom is -0.341 e. The Morgan fingerprint density at radius 1 is 1.26 bits per heavy atom. The molecule has 124 valence electrons. The fraction of sp³-hybridized carbons (Fsp3) is 0.444. The Morgan fingerprint density at radius 3 is 2.61 bits per heavy atom. The second-order valence-electron chi connectivity index (χ2n) is 5.99. The number of para-hydroxylation sites is 1. The fourth-order valence-electron chi connectivity index (χ4n) is 2.71. The number of hydrogen-bond donors (Lipinski definition) is 1. The number of aromatic nitrogens is 2. The normalized spacial score (nSPS) is 10.8. The Balaban J connectivity index is 2.25. The lowest BCUT2D eigenvalue weighted by Crippen LogP contribution is -2.27. The van der Waals surface area contributed by atoms with E-state index in [0.717, 1.165) is 29.1 Å². The Morgan fingerprint density at radius 2 is 1.96 bits per heavy atom. The van der Waals surface area contributed by atoms with Gasteiger partial charge in [0.2, 0.25) is 5.91 Å². The van der Waals surface area contributed by atoms with Crippen LogP contribution in [0.3, 0.4) is 0 Å². The molecule has 2 N–H and O–H groups in total. The number of hydrogen-bond acceptors (Lipinski definition) is 3. The van der Waals surface area contributed by atoms with Gasteiger partial charge in [0.15, 0.2) is 0 Å². The molecule has 1 heterocycles. The summed E-state index contributed by atoms with van der Waals surface area (Å²) in [4.78, 5) is 13.9. The molecular weight excluding hydrogens is 288 g/mol. The van der Waals surface area contributed by atoms with E-state index in [1.54, 1.807) is 4.90 Å². The summed E-state index contributed by atoms with van der Waals surface area (Å²) >= 11 is 0. The molecule has 0 aliphatic carbocycles. The molecule has 0 radical (unpaired) electrons. The standard InChI is InChI=1S/C18H26N4O/c1-13-8-5-6-9-17(13)22-15(3)16(14(2)20-22)12-21(4)18(23)10-7-11-19/h5-6,8-9H,7,10-12,19H2,1-4H3. The minimum absolute atomic E-state index is 0.123. The Kier molecular flexibility index (Phi) is 5.55. The molecule has 1 amide bonds. The largest absolute Gasteiger partial charge is 0.341 e. The van der Waals surface area contributed by atoms with Gasteiger partial charge in [-0.15, -0.1) is 0 Å². The average molecular weight is 314 g/mol. The topological polar surface area (TPSA) is 64.2 Å². The highest BCUT2D eigenvalue weighted by Gasteiger charge is 2.17. The van der Waals surface area contributed by atoms with Crippen LogP contribution in [0.4, 0.5) is 0 Å². The summed E-state index contributed by atoms with van der Waals surface area (Å²) in [6.07, 6.45) is 1.22. The first-order valence-electron chi connectivity index (χ1n) is 8.00. The molecule has 0 unspecified atom stereocenters. The van der Waals surface area contributed by atoms with E-state index < -0.39 is 0 Å². The van der Waals surface area contributed by atoms with Crippen molar-refractivity contribution in [2.75, 3.05) is 13.6 Å². The number of rotatable bonds is 6. The zero-order chi connectivity index (χ0) is 17.0. The number of nitrogens with zero attached hydrogens (tertiary/aromatic N) is 3. The van der Waals surface area contributed by atoms with Crippen molar-refractivity contribution in [3.05, 3.63) is 46.8 Å². The monoisotopic (exact) mass is 314 g/mol. The van der Waals surface area contributed by atoms with Gasteiger partial charge in [-0.2, -0.15) is 5.10 Å². The van der Waals surface area contributed by atoms with Crippen LogP contribution in [0.25, 0.3) is 5.69 Å². The molecule has 0 atom stereocenters. The molecule has 0 aliphatic rings. The highest BCUT2D eigenvalue weighted by atomic mass is 16.2. The van der Waals surface area contributed by atoms with Crippen LogP contribution in [-0.2, 0) is 11.3 Å². The van der Waals surface area contributed by atoms with Crippen molar-refractivity contribution in [1.29, 1.82) is 0 Å². The van der Waals surface area contributed by atoms with E-state index in [2.05, 4.69) is 31.1 Å². The summed E-state index contributed by atoms with van der Waals surface area (Å²) < 4.78 is 1.97. The Bertz CT molecular complexity index is 690. The van der Waals surface area contributed by atoms with Crippen molar-refractivity contribution >= 4 is 5.91 Å². The van der Waals surface area contributed by atoms with Gasteiger partial charge in [-0.1, -0.05) is 18.2 Å². The molecular formula is C18H26N4O. The molecule has 0 bridgehead atoms. The Labute approximate surface area is 138 Å². The van der Waals surface area contributed by atoms with E-state index in [1.807, 2.05) is 30.8 Å². The van der Waals surface area contributed by atoms with Gasteiger partial charge < -0.3 is 10.6 Å². The molecule has 0 saturated heterocycles. The molecule has 2 aromatic rings. The molecule has 5 nitrogen and oxygen atoms in total. The van der Waals surface area contributed by atoms with Gasteiger partial charge in [0, 0.05) is 31.3 Å². The molecule has 1 aromatic carbocycles. The van der Waals surface area contributed by atoms with E-state index in [-0.39, 0.29) is 5.91 Å². The first-order valence-corrected chi connectivity index (χ1v) is 8.00. The SMILES string of the molecule is Cc1ccccc1-n1nc(C)c(CN(C)C(=O)CCCN)c1C. The summed E-state index contributed by atoms with van der Waals surface area (Å²) in [7, 11) is 1.84. The van der Waals surface area contributed by atoms with Gasteiger partial charge in [-0.3, -0.25) is 4.79 Å². The van der Waals surface area contributed by atoms with Crippen LogP contribution in [0.1, 0.15) is 35.4 Å². The van der Waals surface area contributed by atoms with Crippen LogP contribution in [-0.4, -0.2) is 34.2 Å². The number of carbonyl (C=O) groups excluding carboxylic acids is 1. The van der Waals surface area contributed by atoms with Crippen molar-refractivity contribution in [3.63, 3.8) is 0 Å². The van der Waals surface area contributed by atoms with Crippen molar-refractivity contribution in [1.82, 2.24) is 14.7 Å². The number of amides is 1. The lowest BCUT2D eigenvalue weighted by molar-refractivity contribution is -0.130. The van der Waals surface area contributed by atoms with Crippen molar-refractivity contribution in [2.45, 2.75) is 40.2 Å². The maximum absolute atomic E-state index is 12.1. The first-order chi connectivity index (χ1) is 11.0. The van der Waals surface area contributed by atoms with Crippen LogP contribution in [0.5, 0.6) is 0 Å². The molecule has 5 heteroatoms. The van der Waals surface area contributed by atoms with Gasteiger partial charge in [-0.05, 0) is 45.4 Å². The molecule has 0 saturated carbocycles. The molecule has 23 heavy (non-hydrogen) atoms. The molecule has 0 fully saturated rings. The highest BCUT2D eigenvalue weighted by Crippen LogP contribution is 2.21. The number of nitrogens with two attached hydrogens (primary N) is 1. The van der Waals surface area contributed by atoms with Crippen molar-refractivity contribution < 1.29 is 4.79 Å². The quantitative estimate of drug-likeness (QED) is 0.891. The first kappa shape index (κ1) is 17.2. The predicted molar refractivity (Wildman–Crippen MR) is 92.5 cm³/mol. The third kappa shape index (κ3) is 3.79. The fourth-order valence-corrected chi connectivity index (χ4v) is 2.71. The van der Waals surface area contributed by atoms with Gasteiger partial charge in [0.1, 0.15) is 0 Å². The van der Waals surface area contributed by atoms with E-state index in [9.17, 15) is 4.79 Å². The molecule has 0 aliphatic heterocycles. The van der Waals surface area contributed by atoms with E-state index in [1.165, 1.54) is 5.56 Å². The number of carbonyl (C=O) groups is 1. The average Bonchev–Trinajstić information content (AvgIpc) is 2.81. The summed E-state index contributed by atoms with van der Waals surface area (Å²) in [6.45, 7) is 7.25. The highest BCUT2D eigenvalue weighted by molar-refractivity contribution is 5.75. The second kappa shape index (κ2) is 7.42. The van der Waals surface area contributed by atoms with Crippen molar-refractivity contribution in [3.8, 4) is 5.69 Å². The van der Waals surface area contributed by atoms with Crippen molar-refractivity contribution in [2.24, 2.45) is 5.73 Å². The predicted octanol–water partition coefficient (Wildman–Crippen LogP) is 2.49. The summed E-state index contributed by atoms with van der Waals surface area (Å²) in [5.41, 5.74) is 10.9.